The third-order valence-corrected chi connectivity index (χ3v) is 6.23. The molecular formula is C26H29N3O7. The number of carbonyl (C=O) groups excluding carboxylic acids is 4. The highest BCUT2D eigenvalue weighted by Gasteiger charge is 2.57. The van der Waals surface area contributed by atoms with Crippen LogP contribution in [0, 0.1) is 11.3 Å². The number of benzene rings is 1. The zero-order valence-corrected chi connectivity index (χ0v) is 20.5. The lowest BCUT2D eigenvalue weighted by atomic mass is 9.82. The normalized spacial score (nSPS) is 19.9. The van der Waals surface area contributed by atoms with Crippen LogP contribution >= 0.6 is 0 Å². The van der Waals surface area contributed by atoms with Gasteiger partial charge in [-0.3, -0.25) is 14.4 Å². The van der Waals surface area contributed by atoms with E-state index >= 15 is 0 Å². The number of H-pyrrole nitrogens is 1. The molecule has 0 bridgehead atoms. The van der Waals surface area contributed by atoms with Gasteiger partial charge in [-0.25, -0.2) is 4.79 Å². The van der Waals surface area contributed by atoms with Crippen LogP contribution in [-0.4, -0.2) is 57.7 Å². The number of fused-ring (bicyclic) bond motifs is 1. The number of hydrogen-bond donors (Lipinski definition) is 3. The number of ether oxygens (including phenoxy) is 2. The van der Waals surface area contributed by atoms with Gasteiger partial charge in [-0.15, -0.1) is 0 Å². The maximum Gasteiger partial charge on any atom is 0.358 e. The maximum absolute atomic E-state index is 13.1. The van der Waals surface area contributed by atoms with Gasteiger partial charge in [-0.1, -0.05) is 12.1 Å². The molecule has 1 saturated heterocycles. The Morgan fingerprint density at radius 3 is 2.58 bits per heavy atom. The fourth-order valence-corrected chi connectivity index (χ4v) is 4.39. The van der Waals surface area contributed by atoms with Crippen molar-refractivity contribution in [1.82, 2.24) is 9.88 Å². The lowest BCUT2D eigenvalue weighted by Gasteiger charge is -2.44. The predicted octanol–water partition coefficient (Wildman–Crippen LogP) is 2.68. The summed E-state index contributed by atoms with van der Waals surface area (Å²) >= 11 is 0. The number of aliphatic hydroxyl groups excluding tert-OH is 1. The molecular weight excluding hydrogens is 466 g/mol. The van der Waals surface area contributed by atoms with E-state index in [4.69, 9.17) is 9.47 Å². The highest BCUT2D eigenvalue weighted by molar-refractivity contribution is 6.07. The number of aromatic amines is 1. The van der Waals surface area contributed by atoms with Gasteiger partial charge in [0.15, 0.2) is 0 Å². The molecule has 10 heteroatoms. The first-order valence-electron chi connectivity index (χ1n) is 11.6. The number of aromatic nitrogens is 1. The summed E-state index contributed by atoms with van der Waals surface area (Å²) in [6, 6.07) is 9.87. The first kappa shape index (κ1) is 25.2. The molecule has 3 heterocycles. The van der Waals surface area contributed by atoms with Crippen LogP contribution in [0.25, 0.3) is 5.57 Å². The molecule has 36 heavy (non-hydrogen) atoms. The molecule has 10 nitrogen and oxygen atoms in total. The first-order chi connectivity index (χ1) is 17.0. The van der Waals surface area contributed by atoms with Crippen molar-refractivity contribution in [1.29, 1.82) is 0 Å². The quantitative estimate of drug-likeness (QED) is 0.305. The average molecular weight is 496 g/mol. The smallest absolute Gasteiger partial charge is 0.358 e. The van der Waals surface area contributed by atoms with Gasteiger partial charge in [0.05, 0.1) is 23.5 Å². The fourth-order valence-electron chi connectivity index (χ4n) is 4.39. The molecule has 0 spiro atoms. The van der Waals surface area contributed by atoms with Gasteiger partial charge in [0.1, 0.15) is 11.4 Å². The van der Waals surface area contributed by atoms with Crippen molar-refractivity contribution in [2.24, 2.45) is 11.3 Å². The molecule has 3 N–H and O–H groups in total. The van der Waals surface area contributed by atoms with Crippen LogP contribution in [0.3, 0.4) is 0 Å². The standard InChI is InChI=1S/C26H29N3O7/c1-14(30)20-19-12-17(15-7-5-8-16(11-15)28-22(31)18-9-6-10-27-18)21(29(19)23(20)32)24(33)35-13-36-25(34)26(2,3)4/h5-11,14,19-20,27,30H,12-13H2,1-4H3,(H,28,31)/t14-,19-,20-/m1/s1. The van der Waals surface area contributed by atoms with Gasteiger partial charge in [-0.2, -0.15) is 0 Å². The van der Waals surface area contributed by atoms with E-state index in [0.29, 0.717) is 28.9 Å². The molecule has 0 unspecified atom stereocenters. The van der Waals surface area contributed by atoms with Gasteiger partial charge in [0.2, 0.25) is 12.7 Å². The summed E-state index contributed by atoms with van der Waals surface area (Å²) in [7, 11) is 0. The van der Waals surface area contributed by atoms with Crippen LogP contribution in [-0.2, 0) is 23.9 Å². The molecule has 0 radical (unpaired) electrons. The van der Waals surface area contributed by atoms with Crippen molar-refractivity contribution < 1.29 is 33.8 Å². The fraction of sp³-hybridized carbons (Fsp3) is 0.385. The monoisotopic (exact) mass is 495 g/mol. The second-order valence-electron chi connectivity index (χ2n) is 9.92. The lowest BCUT2D eigenvalue weighted by Crippen LogP contribution is -2.61. The Labute approximate surface area is 208 Å². The molecule has 0 aliphatic carbocycles. The number of β-lactam (4-membered cyclic amide) rings is 1. The van der Waals surface area contributed by atoms with E-state index in [2.05, 4.69) is 10.3 Å². The largest absolute Gasteiger partial charge is 0.427 e. The molecule has 4 rings (SSSR count). The third kappa shape index (κ3) is 4.76. The van der Waals surface area contributed by atoms with E-state index in [-0.39, 0.29) is 17.5 Å². The minimum Gasteiger partial charge on any atom is -0.427 e. The van der Waals surface area contributed by atoms with Gasteiger partial charge in [0, 0.05) is 11.9 Å². The Bertz CT molecular complexity index is 1220. The number of esters is 2. The molecule has 2 aliphatic heterocycles. The van der Waals surface area contributed by atoms with Gasteiger partial charge in [-0.05, 0) is 69.5 Å². The molecule has 2 amide bonds. The van der Waals surface area contributed by atoms with Gasteiger partial charge in [0.25, 0.3) is 5.91 Å². The third-order valence-electron chi connectivity index (χ3n) is 6.23. The number of amides is 2. The summed E-state index contributed by atoms with van der Waals surface area (Å²) in [5.74, 6) is -2.69. The van der Waals surface area contributed by atoms with Crippen molar-refractivity contribution in [3.05, 3.63) is 59.5 Å². The first-order valence-corrected chi connectivity index (χ1v) is 11.6. The van der Waals surface area contributed by atoms with Crippen molar-refractivity contribution in [3.63, 3.8) is 0 Å². The number of nitrogens with one attached hydrogen (secondary N) is 2. The molecule has 2 aromatic rings. The number of rotatable bonds is 7. The number of nitrogens with zero attached hydrogens (tertiary/aromatic N) is 1. The van der Waals surface area contributed by atoms with Crippen LogP contribution in [0.4, 0.5) is 5.69 Å². The van der Waals surface area contributed by atoms with E-state index in [9.17, 15) is 24.3 Å². The van der Waals surface area contributed by atoms with Crippen molar-refractivity contribution in [2.45, 2.75) is 46.3 Å². The Kier molecular flexibility index (Phi) is 6.73. The molecule has 1 fully saturated rings. The number of aliphatic hydroxyl groups is 1. The summed E-state index contributed by atoms with van der Waals surface area (Å²) in [6.45, 7) is 5.98. The Morgan fingerprint density at radius 1 is 1.19 bits per heavy atom. The maximum atomic E-state index is 13.1. The summed E-state index contributed by atoms with van der Waals surface area (Å²) < 4.78 is 10.3. The second kappa shape index (κ2) is 9.62. The SMILES string of the molecule is C[C@@H](O)[C@H]1C(=O)N2C(C(=O)OCOC(=O)C(C)(C)C)=C(c3cccc(NC(=O)c4ccc[nH]4)c3)C[C@H]12. The van der Waals surface area contributed by atoms with Crippen LogP contribution in [0.15, 0.2) is 48.3 Å². The molecule has 1 aromatic heterocycles. The summed E-state index contributed by atoms with van der Waals surface area (Å²) in [5, 5.41) is 12.9. The lowest BCUT2D eigenvalue weighted by molar-refractivity contribution is -0.175. The molecule has 0 saturated carbocycles. The van der Waals surface area contributed by atoms with Gasteiger partial charge >= 0.3 is 11.9 Å². The Morgan fingerprint density at radius 2 is 1.94 bits per heavy atom. The number of carbonyl (C=O) groups is 4. The minimum absolute atomic E-state index is 0.0431. The van der Waals surface area contributed by atoms with E-state index in [0.717, 1.165) is 0 Å². The van der Waals surface area contributed by atoms with Crippen LogP contribution in [0.1, 0.15) is 50.2 Å². The topological polar surface area (TPSA) is 138 Å². The summed E-state index contributed by atoms with van der Waals surface area (Å²) in [4.78, 5) is 54.5. The van der Waals surface area contributed by atoms with Crippen LogP contribution in [0.2, 0.25) is 0 Å². The zero-order valence-electron chi connectivity index (χ0n) is 20.5. The molecule has 3 atom stereocenters. The Balaban J connectivity index is 1.59. The minimum atomic E-state index is -0.880. The molecule has 1 aromatic carbocycles. The van der Waals surface area contributed by atoms with Gasteiger partial charge < -0.3 is 29.8 Å². The average Bonchev–Trinajstić information content (AvgIpc) is 3.45. The van der Waals surface area contributed by atoms with E-state index in [1.165, 1.54) is 4.90 Å². The highest BCUT2D eigenvalue weighted by atomic mass is 16.7. The second-order valence-corrected chi connectivity index (χ2v) is 9.92. The van der Waals surface area contributed by atoms with Crippen LogP contribution < -0.4 is 5.32 Å². The summed E-state index contributed by atoms with van der Waals surface area (Å²) in [5.41, 5.74) is 1.33. The van der Waals surface area contributed by atoms with E-state index in [1.807, 2.05) is 0 Å². The van der Waals surface area contributed by atoms with E-state index < -0.39 is 42.2 Å². The van der Waals surface area contributed by atoms with Crippen molar-refractivity contribution in [3.8, 4) is 0 Å². The number of anilines is 1. The zero-order chi connectivity index (χ0) is 26.2. The summed E-state index contributed by atoms with van der Waals surface area (Å²) in [6.07, 6.45) is 1.08. The predicted molar refractivity (Wildman–Crippen MR) is 129 cm³/mol. The molecule has 190 valence electrons. The van der Waals surface area contributed by atoms with Crippen LogP contribution in [0.5, 0.6) is 0 Å². The molecule has 2 aliphatic rings. The van der Waals surface area contributed by atoms with E-state index in [1.54, 1.807) is 70.3 Å². The van der Waals surface area contributed by atoms with Crippen molar-refractivity contribution >= 4 is 35.0 Å². The Hall–Kier alpha value is -3.92. The van der Waals surface area contributed by atoms with Crippen molar-refractivity contribution in [2.75, 3.05) is 12.1 Å². The highest BCUT2D eigenvalue weighted by Crippen LogP contribution is 2.47. The number of hydrogen-bond acceptors (Lipinski definition) is 7.